The lowest BCUT2D eigenvalue weighted by atomic mass is 9.83. The first-order valence-electron chi connectivity index (χ1n) is 5.34. The highest BCUT2D eigenvalue weighted by Gasteiger charge is 2.31. The van der Waals surface area contributed by atoms with Crippen molar-refractivity contribution < 1.29 is 9.90 Å². The van der Waals surface area contributed by atoms with Crippen LogP contribution in [0, 0.1) is 11.3 Å². The van der Waals surface area contributed by atoms with E-state index >= 15 is 0 Å². The smallest absolute Gasteiger partial charge is 0.303 e. The molecule has 1 aliphatic heterocycles. The number of carboxylic acids is 1. The van der Waals surface area contributed by atoms with Crippen LogP contribution in [0.3, 0.4) is 0 Å². The fourth-order valence-electron chi connectivity index (χ4n) is 2.19. The van der Waals surface area contributed by atoms with Crippen molar-refractivity contribution in [3.63, 3.8) is 0 Å². The summed E-state index contributed by atoms with van der Waals surface area (Å²) in [6.45, 7) is 7.57. The molecule has 1 saturated heterocycles. The maximum Gasteiger partial charge on any atom is 0.303 e. The lowest BCUT2D eigenvalue weighted by Crippen LogP contribution is -2.32. The summed E-state index contributed by atoms with van der Waals surface area (Å²) in [7, 11) is 0. The minimum Gasteiger partial charge on any atom is -0.481 e. The molecule has 1 fully saturated rings. The molecule has 0 aromatic heterocycles. The van der Waals surface area contributed by atoms with Crippen LogP contribution in [0.1, 0.15) is 40.0 Å². The fourth-order valence-corrected chi connectivity index (χ4v) is 2.19. The van der Waals surface area contributed by atoms with Crippen molar-refractivity contribution in [2.45, 2.75) is 46.1 Å². The number of rotatable bonds is 3. The van der Waals surface area contributed by atoms with Gasteiger partial charge in [-0.15, -0.1) is 0 Å². The number of hydrogen-bond acceptors (Lipinski definition) is 2. The lowest BCUT2D eigenvalue weighted by Gasteiger charge is -2.26. The summed E-state index contributed by atoms with van der Waals surface area (Å²) in [6.07, 6.45) is 2.38. The van der Waals surface area contributed by atoms with E-state index in [4.69, 9.17) is 5.11 Å². The van der Waals surface area contributed by atoms with Gasteiger partial charge in [0.1, 0.15) is 0 Å². The molecule has 14 heavy (non-hydrogen) atoms. The molecule has 0 unspecified atom stereocenters. The van der Waals surface area contributed by atoms with Crippen LogP contribution in [0.5, 0.6) is 0 Å². The predicted molar refractivity (Wildman–Crippen MR) is 56.2 cm³/mol. The Morgan fingerprint density at radius 2 is 2.14 bits per heavy atom. The van der Waals surface area contributed by atoms with Crippen LogP contribution in [0.25, 0.3) is 0 Å². The minimum atomic E-state index is -0.669. The van der Waals surface area contributed by atoms with Crippen molar-refractivity contribution in [3.8, 4) is 0 Å². The predicted octanol–water partition coefficient (Wildman–Crippen LogP) is 1.88. The summed E-state index contributed by atoms with van der Waals surface area (Å²) in [6, 6.07) is 0.395. The van der Waals surface area contributed by atoms with Gasteiger partial charge >= 0.3 is 5.97 Å². The first-order valence-corrected chi connectivity index (χ1v) is 5.34. The van der Waals surface area contributed by atoms with Crippen molar-refractivity contribution in [1.82, 2.24) is 5.32 Å². The van der Waals surface area contributed by atoms with E-state index in [1.807, 2.05) is 0 Å². The Labute approximate surface area is 85.9 Å². The Kier molecular flexibility index (Phi) is 3.53. The highest BCUT2D eigenvalue weighted by Crippen LogP contribution is 2.29. The Balaban J connectivity index is 2.47. The molecule has 1 aliphatic rings. The lowest BCUT2D eigenvalue weighted by molar-refractivity contribution is -0.138. The first kappa shape index (κ1) is 11.5. The Morgan fingerprint density at radius 3 is 2.64 bits per heavy atom. The molecule has 0 aromatic rings. The summed E-state index contributed by atoms with van der Waals surface area (Å²) in [5, 5.41) is 12.2. The van der Waals surface area contributed by atoms with Gasteiger partial charge in [-0.1, -0.05) is 20.8 Å². The van der Waals surface area contributed by atoms with Crippen LogP contribution in [0.2, 0.25) is 0 Å². The zero-order chi connectivity index (χ0) is 10.8. The third-order valence-electron chi connectivity index (χ3n) is 2.76. The zero-order valence-electron chi connectivity index (χ0n) is 9.34. The van der Waals surface area contributed by atoms with E-state index in [0.717, 1.165) is 19.4 Å². The monoisotopic (exact) mass is 199 g/mol. The molecule has 0 aliphatic carbocycles. The number of hydrogen-bond donors (Lipinski definition) is 2. The molecule has 1 rings (SSSR count). The summed E-state index contributed by atoms with van der Waals surface area (Å²) in [5.41, 5.74) is 0.277. The Hall–Kier alpha value is -0.570. The average molecular weight is 199 g/mol. The van der Waals surface area contributed by atoms with Gasteiger partial charge in [-0.05, 0) is 30.7 Å². The standard InChI is InChI=1S/C11H21NO2/c1-11(2,3)7-9-8(4-5-12-9)6-10(13)14/h8-9,12H,4-7H2,1-3H3,(H,13,14)/t8-,9-/m0/s1. The van der Waals surface area contributed by atoms with Gasteiger partial charge in [0.2, 0.25) is 0 Å². The third kappa shape index (κ3) is 3.66. The number of carbonyl (C=O) groups is 1. The molecule has 3 heteroatoms. The van der Waals surface area contributed by atoms with Gasteiger partial charge in [-0.25, -0.2) is 0 Å². The molecular formula is C11H21NO2. The van der Waals surface area contributed by atoms with E-state index in [0.29, 0.717) is 18.4 Å². The van der Waals surface area contributed by atoms with Gasteiger partial charge in [0.25, 0.3) is 0 Å². The van der Waals surface area contributed by atoms with Gasteiger partial charge in [0, 0.05) is 12.5 Å². The summed E-state index contributed by atoms with van der Waals surface area (Å²) in [5.74, 6) is -0.343. The number of carboxylic acid groups (broad SMARTS) is 1. The van der Waals surface area contributed by atoms with Gasteiger partial charge in [-0.2, -0.15) is 0 Å². The molecule has 3 nitrogen and oxygen atoms in total. The molecule has 2 N–H and O–H groups in total. The van der Waals surface area contributed by atoms with E-state index in [2.05, 4.69) is 26.1 Å². The molecular weight excluding hydrogens is 178 g/mol. The van der Waals surface area contributed by atoms with Crippen LogP contribution < -0.4 is 5.32 Å². The second kappa shape index (κ2) is 4.30. The SMILES string of the molecule is CC(C)(C)C[C@@H]1NCC[C@H]1CC(=O)O. The molecule has 0 radical (unpaired) electrons. The van der Waals surface area contributed by atoms with Crippen LogP contribution in [-0.2, 0) is 4.79 Å². The van der Waals surface area contributed by atoms with Gasteiger partial charge in [-0.3, -0.25) is 4.79 Å². The molecule has 0 spiro atoms. The van der Waals surface area contributed by atoms with Crippen molar-refractivity contribution in [3.05, 3.63) is 0 Å². The van der Waals surface area contributed by atoms with Crippen molar-refractivity contribution in [1.29, 1.82) is 0 Å². The largest absolute Gasteiger partial charge is 0.481 e. The second-order valence-corrected chi connectivity index (χ2v) is 5.47. The van der Waals surface area contributed by atoms with Gasteiger partial charge in [0.15, 0.2) is 0 Å². The highest BCUT2D eigenvalue weighted by atomic mass is 16.4. The summed E-state index contributed by atoms with van der Waals surface area (Å²) in [4.78, 5) is 10.6. The first-order chi connectivity index (χ1) is 6.38. The van der Waals surface area contributed by atoms with E-state index in [-0.39, 0.29) is 5.41 Å². The van der Waals surface area contributed by atoms with Crippen LogP contribution >= 0.6 is 0 Å². The Morgan fingerprint density at radius 1 is 1.50 bits per heavy atom. The van der Waals surface area contributed by atoms with E-state index in [1.54, 1.807) is 0 Å². The van der Waals surface area contributed by atoms with E-state index in [9.17, 15) is 4.79 Å². The molecule has 0 bridgehead atoms. The minimum absolute atomic E-state index is 0.277. The van der Waals surface area contributed by atoms with Gasteiger partial charge in [0.05, 0.1) is 0 Å². The van der Waals surface area contributed by atoms with E-state index < -0.39 is 5.97 Å². The molecule has 1 heterocycles. The molecule has 0 amide bonds. The third-order valence-corrected chi connectivity index (χ3v) is 2.76. The number of nitrogens with one attached hydrogen (secondary N) is 1. The fraction of sp³-hybridized carbons (Fsp3) is 0.909. The topological polar surface area (TPSA) is 49.3 Å². The normalized spacial score (nSPS) is 27.9. The molecule has 0 saturated carbocycles. The maximum atomic E-state index is 10.6. The zero-order valence-corrected chi connectivity index (χ0v) is 9.34. The van der Waals surface area contributed by atoms with Crippen molar-refractivity contribution >= 4 is 5.97 Å². The second-order valence-electron chi connectivity index (χ2n) is 5.47. The van der Waals surface area contributed by atoms with Crippen LogP contribution in [0.15, 0.2) is 0 Å². The van der Waals surface area contributed by atoms with Crippen molar-refractivity contribution in [2.24, 2.45) is 11.3 Å². The highest BCUT2D eigenvalue weighted by molar-refractivity contribution is 5.67. The average Bonchev–Trinajstić information content (AvgIpc) is 2.32. The van der Waals surface area contributed by atoms with Crippen LogP contribution in [-0.4, -0.2) is 23.7 Å². The summed E-state index contributed by atoms with van der Waals surface area (Å²) >= 11 is 0. The Bertz CT molecular complexity index is 208. The molecule has 2 atom stereocenters. The summed E-state index contributed by atoms with van der Waals surface area (Å²) < 4.78 is 0. The van der Waals surface area contributed by atoms with Crippen molar-refractivity contribution in [2.75, 3.05) is 6.54 Å². The molecule has 82 valence electrons. The van der Waals surface area contributed by atoms with Crippen LogP contribution in [0.4, 0.5) is 0 Å². The van der Waals surface area contributed by atoms with Gasteiger partial charge < -0.3 is 10.4 Å². The maximum absolute atomic E-state index is 10.6. The number of aliphatic carboxylic acids is 1. The molecule has 0 aromatic carbocycles. The van der Waals surface area contributed by atoms with E-state index in [1.165, 1.54) is 0 Å². The quantitative estimate of drug-likeness (QED) is 0.729.